The first-order valence-electron chi connectivity index (χ1n) is 8.76. The van der Waals surface area contributed by atoms with Crippen molar-refractivity contribution in [2.24, 2.45) is 0 Å². The molecule has 0 aliphatic heterocycles. The molecule has 5 nitrogen and oxygen atoms in total. The van der Waals surface area contributed by atoms with Gasteiger partial charge in [-0.2, -0.15) is 0 Å². The van der Waals surface area contributed by atoms with Crippen molar-refractivity contribution >= 4 is 11.6 Å². The van der Waals surface area contributed by atoms with Crippen molar-refractivity contribution in [2.45, 2.75) is 6.92 Å². The van der Waals surface area contributed by atoms with Crippen molar-refractivity contribution in [1.29, 1.82) is 0 Å². The highest BCUT2D eigenvalue weighted by atomic mass is 19.1. The molecule has 0 aliphatic rings. The Morgan fingerprint density at radius 3 is 2.43 bits per heavy atom. The summed E-state index contributed by atoms with van der Waals surface area (Å²) < 4.78 is 14.7. The minimum atomic E-state index is -0.463. The summed E-state index contributed by atoms with van der Waals surface area (Å²) in [6.45, 7) is 1.99. The summed E-state index contributed by atoms with van der Waals surface area (Å²) in [6.07, 6.45) is 0. The second-order valence-electron chi connectivity index (χ2n) is 6.34. The van der Waals surface area contributed by atoms with E-state index < -0.39 is 5.91 Å². The van der Waals surface area contributed by atoms with Gasteiger partial charge in [0.2, 0.25) is 5.82 Å². The van der Waals surface area contributed by atoms with E-state index in [9.17, 15) is 9.18 Å². The normalized spacial score (nSPS) is 10.6. The average molecular weight is 372 g/mol. The molecule has 6 heteroatoms. The molecule has 0 unspecified atom stereocenters. The predicted octanol–water partition coefficient (Wildman–Crippen LogP) is 4.63. The molecule has 3 aromatic carbocycles. The molecule has 0 atom stereocenters. The molecule has 0 saturated heterocycles. The molecule has 0 saturated carbocycles. The van der Waals surface area contributed by atoms with Crippen molar-refractivity contribution in [3.63, 3.8) is 0 Å². The number of aromatic nitrogens is 3. The van der Waals surface area contributed by atoms with Gasteiger partial charge in [0.1, 0.15) is 5.82 Å². The molecule has 0 fully saturated rings. The van der Waals surface area contributed by atoms with Gasteiger partial charge in [-0.1, -0.05) is 42.0 Å². The second-order valence-corrected chi connectivity index (χ2v) is 6.34. The van der Waals surface area contributed by atoms with E-state index in [-0.39, 0.29) is 11.6 Å². The van der Waals surface area contributed by atoms with Crippen LogP contribution in [-0.4, -0.2) is 20.7 Å². The largest absolute Gasteiger partial charge is 0.319 e. The van der Waals surface area contributed by atoms with Crippen molar-refractivity contribution in [3.05, 3.63) is 96.1 Å². The van der Waals surface area contributed by atoms with Gasteiger partial charge >= 0.3 is 0 Å². The Bertz CT molecular complexity index is 1120. The van der Waals surface area contributed by atoms with E-state index in [1.807, 2.05) is 61.5 Å². The Kier molecular flexibility index (Phi) is 4.68. The van der Waals surface area contributed by atoms with Crippen LogP contribution in [0.2, 0.25) is 0 Å². The molecular formula is C22H17FN4O. The Morgan fingerprint density at radius 2 is 1.71 bits per heavy atom. The van der Waals surface area contributed by atoms with Gasteiger partial charge in [0, 0.05) is 11.3 Å². The molecule has 28 heavy (non-hydrogen) atoms. The van der Waals surface area contributed by atoms with E-state index in [2.05, 4.69) is 15.4 Å². The standard InChI is InChI=1S/C22H17FN4O/c1-15-6-5-7-16(14-15)21-25-20(26-27(21)19-8-3-2-4-9-19)22(28)24-18-12-10-17(23)11-13-18/h2-14H,1H3,(H,24,28). The van der Waals surface area contributed by atoms with Gasteiger partial charge in [0.05, 0.1) is 5.69 Å². The van der Waals surface area contributed by atoms with Gasteiger partial charge < -0.3 is 5.32 Å². The number of carbonyl (C=O) groups is 1. The molecule has 1 aromatic heterocycles. The van der Waals surface area contributed by atoms with Crippen molar-refractivity contribution < 1.29 is 9.18 Å². The number of hydrogen-bond acceptors (Lipinski definition) is 3. The van der Waals surface area contributed by atoms with Crippen LogP contribution in [0.5, 0.6) is 0 Å². The average Bonchev–Trinajstić information content (AvgIpc) is 3.16. The van der Waals surface area contributed by atoms with Crippen LogP contribution in [0, 0.1) is 12.7 Å². The van der Waals surface area contributed by atoms with Crippen molar-refractivity contribution in [1.82, 2.24) is 14.8 Å². The highest BCUT2D eigenvalue weighted by Crippen LogP contribution is 2.22. The number of hydrogen-bond donors (Lipinski definition) is 1. The number of nitrogens with one attached hydrogen (secondary N) is 1. The highest BCUT2D eigenvalue weighted by molar-refractivity contribution is 6.01. The van der Waals surface area contributed by atoms with E-state index >= 15 is 0 Å². The van der Waals surface area contributed by atoms with Gasteiger partial charge in [-0.25, -0.2) is 14.1 Å². The van der Waals surface area contributed by atoms with Crippen LogP contribution in [0.4, 0.5) is 10.1 Å². The van der Waals surface area contributed by atoms with Crippen LogP contribution in [0.3, 0.4) is 0 Å². The number of carbonyl (C=O) groups excluding carboxylic acids is 1. The van der Waals surface area contributed by atoms with E-state index in [1.54, 1.807) is 4.68 Å². The van der Waals surface area contributed by atoms with Crippen LogP contribution < -0.4 is 5.32 Å². The summed E-state index contributed by atoms with van der Waals surface area (Å²) in [5.41, 5.74) is 3.21. The summed E-state index contributed by atoms with van der Waals surface area (Å²) >= 11 is 0. The highest BCUT2D eigenvalue weighted by Gasteiger charge is 2.19. The molecule has 138 valence electrons. The van der Waals surface area contributed by atoms with Crippen LogP contribution in [0.15, 0.2) is 78.9 Å². The van der Waals surface area contributed by atoms with E-state index in [0.29, 0.717) is 11.5 Å². The lowest BCUT2D eigenvalue weighted by molar-refractivity contribution is 0.101. The quantitative estimate of drug-likeness (QED) is 0.568. The number of nitrogens with zero attached hydrogens (tertiary/aromatic N) is 3. The number of halogens is 1. The Balaban J connectivity index is 1.74. The molecule has 1 amide bonds. The number of rotatable bonds is 4. The Labute approximate surface area is 161 Å². The number of para-hydroxylation sites is 1. The lowest BCUT2D eigenvalue weighted by atomic mass is 10.1. The molecule has 4 rings (SSSR count). The smallest absolute Gasteiger partial charge is 0.295 e. The number of amides is 1. The maximum absolute atomic E-state index is 13.1. The fourth-order valence-electron chi connectivity index (χ4n) is 2.85. The van der Waals surface area contributed by atoms with E-state index in [4.69, 9.17) is 0 Å². The molecule has 1 heterocycles. The summed E-state index contributed by atoms with van der Waals surface area (Å²) in [6, 6.07) is 22.9. The summed E-state index contributed by atoms with van der Waals surface area (Å²) in [4.78, 5) is 17.1. The van der Waals surface area contributed by atoms with Gasteiger partial charge in [0.15, 0.2) is 5.82 Å². The zero-order chi connectivity index (χ0) is 19.5. The minimum absolute atomic E-state index is 0.0321. The topological polar surface area (TPSA) is 59.8 Å². The third-order valence-corrected chi connectivity index (χ3v) is 4.19. The lowest BCUT2D eigenvalue weighted by Gasteiger charge is -2.06. The maximum Gasteiger partial charge on any atom is 0.295 e. The minimum Gasteiger partial charge on any atom is -0.319 e. The Morgan fingerprint density at radius 1 is 0.964 bits per heavy atom. The molecule has 1 N–H and O–H groups in total. The third kappa shape index (κ3) is 3.66. The number of benzene rings is 3. The second kappa shape index (κ2) is 7.44. The van der Waals surface area contributed by atoms with Gasteiger partial charge in [-0.3, -0.25) is 4.79 Å². The number of anilines is 1. The predicted molar refractivity (Wildman–Crippen MR) is 106 cm³/mol. The molecule has 0 radical (unpaired) electrons. The molecule has 0 aliphatic carbocycles. The van der Waals surface area contributed by atoms with Crippen molar-refractivity contribution in [2.75, 3.05) is 5.32 Å². The molecule has 0 bridgehead atoms. The van der Waals surface area contributed by atoms with Gasteiger partial charge in [-0.15, -0.1) is 5.10 Å². The SMILES string of the molecule is Cc1cccc(-c2nc(C(=O)Nc3ccc(F)cc3)nn2-c2ccccc2)c1. The summed E-state index contributed by atoms with van der Waals surface area (Å²) in [5, 5.41) is 7.12. The zero-order valence-corrected chi connectivity index (χ0v) is 15.1. The van der Waals surface area contributed by atoms with Crippen LogP contribution in [0.1, 0.15) is 16.2 Å². The maximum atomic E-state index is 13.1. The fourth-order valence-corrected chi connectivity index (χ4v) is 2.85. The van der Waals surface area contributed by atoms with Crippen molar-refractivity contribution in [3.8, 4) is 17.1 Å². The summed E-state index contributed by atoms with van der Waals surface area (Å²) in [5.74, 6) is -0.231. The van der Waals surface area contributed by atoms with Crippen LogP contribution in [0.25, 0.3) is 17.1 Å². The van der Waals surface area contributed by atoms with E-state index in [1.165, 1.54) is 24.3 Å². The van der Waals surface area contributed by atoms with Gasteiger partial charge in [0.25, 0.3) is 5.91 Å². The summed E-state index contributed by atoms with van der Waals surface area (Å²) in [7, 11) is 0. The van der Waals surface area contributed by atoms with Crippen LogP contribution >= 0.6 is 0 Å². The Hall–Kier alpha value is -3.80. The van der Waals surface area contributed by atoms with E-state index in [0.717, 1.165) is 16.8 Å². The van der Waals surface area contributed by atoms with Gasteiger partial charge in [-0.05, 0) is 49.4 Å². The first kappa shape index (κ1) is 17.6. The zero-order valence-electron chi connectivity index (χ0n) is 15.1. The van der Waals surface area contributed by atoms with Crippen LogP contribution in [-0.2, 0) is 0 Å². The first-order valence-corrected chi connectivity index (χ1v) is 8.76. The monoisotopic (exact) mass is 372 g/mol. The number of aryl methyl sites for hydroxylation is 1. The molecule has 4 aromatic rings. The fraction of sp³-hybridized carbons (Fsp3) is 0.0455. The molecular weight excluding hydrogens is 355 g/mol. The lowest BCUT2D eigenvalue weighted by Crippen LogP contribution is -2.14. The molecule has 0 spiro atoms. The first-order chi connectivity index (χ1) is 13.6. The third-order valence-electron chi connectivity index (χ3n) is 4.19.